The summed E-state index contributed by atoms with van der Waals surface area (Å²) in [6.07, 6.45) is 0.810. The molecule has 0 amide bonds. The lowest BCUT2D eigenvalue weighted by atomic mass is 9.85. The fraction of sp³-hybridized carbons (Fsp3) is 0.474. The van der Waals surface area contributed by atoms with Crippen LogP contribution in [0.25, 0.3) is 0 Å². The van der Waals surface area contributed by atoms with E-state index >= 15 is 0 Å². The Kier molecular flexibility index (Phi) is 7.20. The number of benzene rings is 1. The van der Waals surface area contributed by atoms with Gasteiger partial charge in [-0.25, -0.2) is 4.79 Å². The summed E-state index contributed by atoms with van der Waals surface area (Å²) in [4.78, 5) is 25.0. The molecule has 27 heavy (non-hydrogen) atoms. The van der Waals surface area contributed by atoms with E-state index in [9.17, 15) is 9.59 Å². The van der Waals surface area contributed by atoms with Gasteiger partial charge in [0.15, 0.2) is 0 Å². The van der Waals surface area contributed by atoms with Crippen LogP contribution in [-0.2, 0) is 25.5 Å². The minimum absolute atomic E-state index is 0.0165. The Morgan fingerprint density at radius 2 is 1.78 bits per heavy atom. The van der Waals surface area contributed by atoms with Gasteiger partial charge in [-0.3, -0.25) is 15.2 Å². The molecule has 148 valence electrons. The van der Waals surface area contributed by atoms with Crippen molar-refractivity contribution in [3.8, 4) is 0 Å². The molecule has 1 aliphatic rings. The third-order valence-corrected chi connectivity index (χ3v) is 4.30. The minimum Gasteiger partial charge on any atom is -0.466 e. The first kappa shape index (κ1) is 20.7. The Balaban J connectivity index is 2.39. The zero-order valence-electron chi connectivity index (χ0n) is 15.8. The molecule has 0 saturated heterocycles. The average Bonchev–Trinajstić information content (AvgIpc) is 2.62. The summed E-state index contributed by atoms with van der Waals surface area (Å²) in [5, 5.41) is 21.4. The van der Waals surface area contributed by atoms with Gasteiger partial charge in [-0.2, -0.15) is 0 Å². The minimum atomic E-state index is -0.681. The highest BCUT2D eigenvalue weighted by atomic mass is 16.8. The summed E-state index contributed by atoms with van der Waals surface area (Å²) in [5.41, 5.74) is 1.96. The van der Waals surface area contributed by atoms with Gasteiger partial charge >= 0.3 is 11.9 Å². The molecule has 1 aliphatic heterocycles. The van der Waals surface area contributed by atoms with Crippen LogP contribution in [0.4, 0.5) is 5.69 Å². The second-order valence-corrected chi connectivity index (χ2v) is 6.33. The Morgan fingerprint density at radius 3 is 2.33 bits per heavy atom. The van der Waals surface area contributed by atoms with E-state index in [-0.39, 0.29) is 30.2 Å². The van der Waals surface area contributed by atoms with Crippen LogP contribution < -0.4 is 10.5 Å². The summed E-state index contributed by atoms with van der Waals surface area (Å²) in [7, 11) is 0. The molecule has 1 aromatic rings. The zero-order chi connectivity index (χ0) is 20.0. The predicted octanol–water partition coefficient (Wildman–Crippen LogP) is 2.19. The highest BCUT2D eigenvalue weighted by Crippen LogP contribution is 2.30. The number of rotatable bonds is 7. The SMILES string of the molecule is CCOC(=O)C1=C(Cc2ccc(N(O)O)cc2)N[C@@H](C)C[C@H]1C(=O)OCC. The Bertz CT molecular complexity index is 699. The molecular weight excluding hydrogens is 352 g/mol. The molecule has 8 nitrogen and oxygen atoms in total. The highest BCUT2D eigenvalue weighted by Gasteiger charge is 2.37. The maximum Gasteiger partial charge on any atom is 0.336 e. The van der Waals surface area contributed by atoms with E-state index in [0.29, 0.717) is 24.1 Å². The van der Waals surface area contributed by atoms with Gasteiger partial charge in [0.2, 0.25) is 0 Å². The molecule has 0 radical (unpaired) electrons. The topological polar surface area (TPSA) is 108 Å². The van der Waals surface area contributed by atoms with E-state index in [2.05, 4.69) is 5.32 Å². The number of hydrogen-bond donors (Lipinski definition) is 3. The van der Waals surface area contributed by atoms with E-state index in [1.165, 1.54) is 12.1 Å². The molecule has 2 rings (SSSR count). The van der Waals surface area contributed by atoms with Gasteiger partial charge in [-0.05, 0) is 44.9 Å². The monoisotopic (exact) mass is 378 g/mol. The fourth-order valence-electron chi connectivity index (χ4n) is 3.14. The van der Waals surface area contributed by atoms with Crippen molar-refractivity contribution < 1.29 is 29.5 Å². The van der Waals surface area contributed by atoms with E-state index < -0.39 is 17.9 Å². The van der Waals surface area contributed by atoms with E-state index in [1.807, 2.05) is 6.92 Å². The summed E-state index contributed by atoms with van der Waals surface area (Å²) in [5.74, 6) is -1.64. The first-order valence-electron chi connectivity index (χ1n) is 8.97. The fourth-order valence-corrected chi connectivity index (χ4v) is 3.14. The third kappa shape index (κ3) is 5.21. The van der Waals surface area contributed by atoms with Crippen molar-refractivity contribution >= 4 is 17.6 Å². The highest BCUT2D eigenvalue weighted by molar-refractivity contribution is 5.96. The number of allylic oxidation sites excluding steroid dienone is 1. The maximum atomic E-state index is 12.6. The molecule has 8 heteroatoms. The van der Waals surface area contributed by atoms with Crippen molar-refractivity contribution in [1.82, 2.24) is 5.32 Å². The molecule has 0 saturated carbocycles. The van der Waals surface area contributed by atoms with Crippen LogP contribution in [0.1, 0.15) is 32.8 Å². The van der Waals surface area contributed by atoms with Crippen LogP contribution in [0.3, 0.4) is 0 Å². The summed E-state index contributed by atoms with van der Waals surface area (Å²) in [6, 6.07) is 6.48. The maximum absolute atomic E-state index is 12.6. The van der Waals surface area contributed by atoms with Gasteiger partial charge in [0.05, 0.1) is 30.4 Å². The predicted molar refractivity (Wildman–Crippen MR) is 97.2 cm³/mol. The van der Waals surface area contributed by atoms with Crippen molar-refractivity contribution in [3.05, 3.63) is 41.1 Å². The van der Waals surface area contributed by atoms with Crippen LogP contribution in [-0.4, -0.2) is 41.6 Å². The first-order chi connectivity index (χ1) is 12.9. The van der Waals surface area contributed by atoms with E-state index in [1.54, 1.807) is 26.0 Å². The van der Waals surface area contributed by atoms with Crippen LogP contribution in [0, 0.1) is 5.92 Å². The quantitative estimate of drug-likeness (QED) is 0.489. The number of carbonyl (C=O) groups is 2. The molecular formula is C19H26N2O6. The molecule has 0 aliphatic carbocycles. The summed E-state index contributed by atoms with van der Waals surface area (Å²) < 4.78 is 10.3. The smallest absolute Gasteiger partial charge is 0.336 e. The van der Waals surface area contributed by atoms with Crippen molar-refractivity contribution in [1.29, 1.82) is 0 Å². The number of hydrogen-bond acceptors (Lipinski definition) is 8. The molecule has 3 N–H and O–H groups in total. The van der Waals surface area contributed by atoms with Gasteiger partial charge in [-0.15, -0.1) is 5.23 Å². The number of anilines is 1. The molecule has 1 heterocycles. The molecule has 2 atom stereocenters. The third-order valence-electron chi connectivity index (χ3n) is 4.30. The zero-order valence-corrected chi connectivity index (χ0v) is 15.8. The van der Waals surface area contributed by atoms with Crippen molar-refractivity contribution in [3.63, 3.8) is 0 Å². The normalized spacial score (nSPS) is 19.3. The molecule has 0 spiro atoms. The molecule has 1 aromatic carbocycles. The number of nitrogens with one attached hydrogen (secondary N) is 1. The second-order valence-electron chi connectivity index (χ2n) is 6.33. The van der Waals surface area contributed by atoms with E-state index in [0.717, 1.165) is 5.56 Å². The van der Waals surface area contributed by atoms with E-state index in [4.69, 9.17) is 19.9 Å². The lowest BCUT2D eigenvalue weighted by molar-refractivity contribution is -0.150. The number of carbonyl (C=O) groups excluding carboxylic acids is 2. The Hall–Kier alpha value is -2.58. The van der Waals surface area contributed by atoms with Crippen LogP contribution in [0.5, 0.6) is 0 Å². The lowest BCUT2D eigenvalue weighted by Gasteiger charge is -2.31. The standard InChI is InChI=1S/C19H26N2O6/c1-4-26-18(22)15-10-12(3)20-16(17(15)19(23)27-5-2)11-13-6-8-14(9-7-13)21(24)25/h6-9,12,15,20,24-25H,4-5,10-11H2,1-3H3/t12-,15+/m0/s1. The number of nitrogens with zero attached hydrogens (tertiary/aromatic N) is 1. The first-order valence-corrected chi connectivity index (χ1v) is 8.97. The van der Waals surface area contributed by atoms with Gasteiger partial charge in [0, 0.05) is 18.2 Å². The summed E-state index contributed by atoms with van der Waals surface area (Å²) >= 11 is 0. The lowest BCUT2D eigenvalue weighted by Crippen LogP contribution is -2.41. The average molecular weight is 378 g/mol. The Morgan fingerprint density at radius 1 is 1.15 bits per heavy atom. The molecule has 0 bridgehead atoms. The number of ether oxygens (including phenoxy) is 2. The summed E-state index contributed by atoms with van der Waals surface area (Å²) in [6.45, 7) is 5.82. The van der Waals surface area contributed by atoms with Gasteiger partial charge < -0.3 is 14.8 Å². The molecule has 0 unspecified atom stereocenters. The van der Waals surface area contributed by atoms with Crippen LogP contribution in [0.2, 0.25) is 0 Å². The van der Waals surface area contributed by atoms with Crippen LogP contribution >= 0.6 is 0 Å². The van der Waals surface area contributed by atoms with Gasteiger partial charge in [0.1, 0.15) is 0 Å². The van der Waals surface area contributed by atoms with Crippen molar-refractivity contribution in [2.75, 3.05) is 18.4 Å². The Labute approximate surface area is 158 Å². The molecule has 0 fully saturated rings. The van der Waals surface area contributed by atoms with Gasteiger partial charge in [-0.1, -0.05) is 12.1 Å². The van der Waals surface area contributed by atoms with Gasteiger partial charge in [0.25, 0.3) is 0 Å². The largest absolute Gasteiger partial charge is 0.466 e. The second kappa shape index (κ2) is 9.38. The number of esters is 2. The van der Waals surface area contributed by atoms with Crippen LogP contribution in [0.15, 0.2) is 35.5 Å². The van der Waals surface area contributed by atoms with Crippen molar-refractivity contribution in [2.24, 2.45) is 5.92 Å². The molecule has 0 aromatic heterocycles. The van der Waals surface area contributed by atoms with Crippen molar-refractivity contribution in [2.45, 2.75) is 39.7 Å².